The summed E-state index contributed by atoms with van der Waals surface area (Å²) in [6, 6.07) is -3.63. The van der Waals surface area contributed by atoms with Gasteiger partial charge in [0.25, 0.3) is 6.33 Å². The maximum atomic E-state index is 11.2. The minimum Gasteiger partial charge on any atom is -0.510 e. The van der Waals surface area contributed by atoms with Crippen molar-refractivity contribution >= 4 is 90.5 Å². The molecule has 17 rings (SSSR count). The van der Waals surface area contributed by atoms with Crippen LogP contribution in [0.1, 0.15) is 105 Å². The summed E-state index contributed by atoms with van der Waals surface area (Å²) in [4.78, 5) is 4.84. The summed E-state index contributed by atoms with van der Waals surface area (Å²) in [6.45, 7) is 11.9. The van der Waals surface area contributed by atoms with E-state index in [0.29, 0.717) is 22.5 Å². The molecule has 0 amide bonds. The fourth-order valence-corrected chi connectivity index (χ4v) is 20.5. The number of pyridine rings is 1. The van der Waals surface area contributed by atoms with E-state index in [4.69, 9.17) is 17.9 Å². The predicted octanol–water partition coefficient (Wildman–Crippen LogP) is 17.9. The van der Waals surface area contributed by atoms with Gasteiger partial charge in [0.2, 0.25) is 0 Å². The Morgan fingerprint density at radius 2 is 0.887 bits per heavy atom. The molecular formula is C98H78N4OPtSi2-2. The Kier molecular flexibility index (Phi) is 10.2. The van der Waals surface area contributed by atoms with E-state index in [0.717, 1.165) is 21.9 Å². The van der Waals surface area contributed by atoms with Gasteiger partial charge in [0.05, 0.1) is 68.8 Å². The molecule has 14 aromatic carbocycles. The summed E-state index contributed by atoms with van der Waals surface area (Å²) in [6.07, 6.45) is 5.14. The normalized spacial score (nSPS) is 17.0. The van der Waals surface area contributed by atoms with Crippen LogP contribution in [0.2, 0.25) is 0 Å². The van der Waals surface area contributed by atoms with E-state index in [9.17, 15) is 43.9 Å². The largest absolute Gasteiger partial charge is 0.510 e. The molecule has 0 saturated carbocycles. The summed E-state index contributed by atoms with van der Waals surface area (Å²) in [5, 5.41) is -7.33. The zero-order valence-electron chi connectivity index (χ0n) is 95.2. The van der Waals surface area contributed by atoms with Gasteiger partial charge in [-0.2, -0.15) is 18.2 Å². The number of fused-ring (bicyclic) bond motifs is 4. The van der Waals surface area contributed by atoms with Gasteiger partial charge in [-0.1, -0.05) is 349 Å². The first-order valence-corrected chi connectivity index (χ1v) is 37.1. The summed E-state index contributed by atoms with van der Waals surface area (Å²) < 4.78 is 380. The van der Waals surface area contributed by atoms with Crippen molar-refractivity contribution in [3.8, 4) is 62.1 Å². The monoisotopic (exact) mass is 1620 g/mol. The molecule has 0 N–H and O–H groups in total. The van der Waals surface area contributed by atoms with Gasteiger partial charge in [-0.05, 0) is 132 Å². The third-order valence-electron chi connectivity index (χ3n) is 18.4. The second-order valence-electron chi connectivity index (χ2n) is 26.6. The minimum absolute atomic E-state index is 0. The number of nitrogens with zero attached hydrogens (tertiary/aromatic N) is 4. The summed E-state index contributed by atoms with van der Waals surface area (Å²) in [5.74, 6) is 0.640. The fourth-order valence-electron chi connectivity index (χ4n) is 13.4. The Hall–Kier alpha value is -11.6. The van der Waals surface area contributed by atoms with Crippen LogP contribution in [0, 0.1) is 18.5 Å². The van der Waals surface area contributed by atoms with Gasteiger partial charge in [0, 0.05) is 44.3 Å². The molecule has 0 aliphatic carbocycles. The number of hydrogen-bond acceptors (Lipinski definition) is 2. The molecule has 0 unspecified atom stereocenters. The number of hydrogen-bond donors (Lipinski definition) is 0. The van der Waals surface area contributed by atoms with Crippen LogP contribution in [-0.4, -0.2) is 30.3 Å². The van der Waals surface area contributed by atoms with Crippen LogP contribution in [0.15, 0.2) is 363 Å². The molecule has 0 atom stereocenters. The fraction of sp³-hybridized carbons (Fsp3) is 0.0816. The molecule has 0 radical (unpaired) electrons. The van der Waals surface area contributed by atoms with Gasteiger partial charge in [-0.25, -0.2) is 4.98 Å². The van der Waals surface area contributed by atoms with Crippen molar-refractivity contribution < 1.29 is 82.5 Å². The van der Waals surface area contributed by atoms with Crippen LogP contribution in [0.25, 0.3) is 83.4 Å². The smallest absolute Gasteiger partial charge is 0.268 e. The SMILES string of the molecule is [2H]c1c([2H])c([2H])c([Si](c2c([2H])c([2H])c([2H])c([2H])c2[2H])(c2c([2H])c([2H])c([2H])c([2H])c2[2H])c2c([2H])c([2H])c([2H])c(-c3ccc4c(c3)n(-c3[c-]c(Oc5[c-]c6c(cc5)c5ccccc5n6-c5cc(C(C)(C)C)ccn5)ccc3)[c-][n+]4-c3c(-c4cccc(C(C)(C)C)c4)cccc3-c3c([2H])c([2H])c([2H])c([Si](c4c([2H])c([2H])c([2H])c([2H])c4[2H])(c4c([2H])c([2H])c([2H])c([2H])c4[2H])c4c([2H])c([2H])c([2H])c([2H])c4[2H])c3[2H])c2[2H])c([2H])c1[2H].[Pt]. The summed E-state index contributed by atoms with van der Waals surface area (Å²) in [5.41, 5.74) is -0.193. The van der Waals surface area contributed by atoms with E-state index in [1.54, 1.807) is 48.7 Å². The van der Waals surface area contributed by atoms with Crippen molar-refractivity contribution in [1.29, 1.82) is 0 Å². The van der Waals surface area contributed by atoms with Crippen LogP contribution in [0.4, 0.5) is 0 Å². The van der Waals surface area contributed by atoms with E-state index in [-0.39, 0.29) is 77.1 Å². The molecule has 106 heavy (non-hydrogen) atoms. The number of rotatable bonds is 16. The topological polar surface area (TPSA) is 35.9 Å². The minimum atomic E-state index is -6.57. The van der Waals surface area contributed by atoms with Crippen molar-refractivity contribution in [3.63, 3.8) is 0 Å². The molecule has 0 aliphatic heterocycles. The second-order valence-corrected chi connectivity index (χ2v) is 33.6. The third-order valence-corrected chi connectivity index (χ3v) is 26.4. The Labute approximate surface area is 691 Å². The number of benzene rings is 14. The molecule has 0 aliphatic rings. The summed E-state index contributed by atoms with van der Waals surface area (Å²) in [7, 11) is -13.1. The Balaban J connectivity index is 0.0000149. The first-order valence-electron chi connectivity index (χ1n) is 52.1. The molecule has 5 nitrogen and oxygen atoms in total. The van der Waals surface area contributed by atoms with Gasteiger partial charge in [0.1, 0.15) is 5.82 Å². The van der Waals surface area contributed by atoms with E-state index in [1.807, 2.05) is 73.9 Å². The standard InChI is InChI=1S/C98H78N4OSi2.Pt/c1-97(2,3)74-35-27-33-72(62-74)87-53-31-54-88(73-34-29-51-86(64-73)105(82-44-19-10-20-45-82,83-46-21-11-22-47-83)84-48-23-12-24-49-84)96(87)101-69-100(76-36-30-37-77(67-76)103-78-57-58-90-89-52-25-26-55-91(89)102(93(90)68-78)95-66-75(60-61-99-95)98(4,5)6)94-65-71(56-59-92(94)101)70-32-28-50-85(63-70)104(79-38-13-7-14-39-79,80-40-15-8-16-41-80)81-42-17-9-18-43-81;/h7-66H,1-6H3;/q-2;/i7D,8D,9D,10D,11D,12D,13D,14D,15D,16D,17D,18D,19D,20D,21D,22D,23D,24D,28D,29D,32D,34D,38D,39D,40D,41D,42D,43D,44D,45D,46D,47D,48D,49D,50D,51D,63D,64D;. The maximum Gasteiger partial charge on any atom is 0.268 e. The molecule has 3 heterocycles. The van der Waals surface area contributed by atoms with Crippen molar-refractivity contribution in [2.24, 2.45) is 0 Å². The van der Waals surface area contributed by atoms with Gasteiger partial charge in [-0.15, -0.1) is 29.7 Å². The van der Waals surface area contributed by atoms with Gasteiger partial charge < -0.3 is 13.9 Å². The second kappa shape index (κ2) is 28.5. The maximum absolute atomic E-state index is 11.2. The zero-order chi connectivity index (χ0) is 104. The van der Waals surface area contributed by atoms with Crippen molar-refractivity contribution in [2.45, 2.75) is 52.4 Å². The molecule has 0 bridgehead atoms. The van der Waals surface area contributed by atoms with Crippen LogP contribution >= 0.6 is 0 Å². The van der Waals surface area contributed by atoms with Crippen molar-refractivity contribution in [2.75, 3.05) is 0 Å². The van der Waals surface area contributed by atoms with Crippen molar-refractivity contribution in [3.05, 3.63) is 393 Å². The van der Waals surface area contributed by atoms with E-state index < -0.39 is 304 Å². The number of para-hydroxylation sites is 2. The van der Waals surface area contributed by atoms with E-state index in [2.05, 4.69) is 39.2 Å². The average Bonchev–Trinajstić information content (AvgIpc) is 0.907. The van der Waals surface area contributed by atoms with E-state index >= 15 is 0 Å². The number of aromatic nitrogens is 4. The van der Waals surface area contributed by atoms with Crippen LogP contribution < -0.4 is 50.8 Å². The molecule has 0 fully saturated rings. The average molecular weight is 1620 g/mol. The zero-order valence-corrected chi connectivity index (χ0v) is 61.5. The first-order chi connectivity index (χ1) is 67.1. The summed E-state index contributed by atoms with van der Waals surface area (Å²) >= 11 is 0. The van der Waals surface area contributed by atoms with E-state index in [1.165, 1.54) is 45.5 Å². The Bertz CT molecular complexity index is 7980. The molecule has 8 heteroatoms. The van der Waals surface area contributed by atoms with Crippen LogP contribution in [-0.2, 0) is 31.9 Å². The van der Waals surface area contributed by atoms with Crippen molar-refractivity contribution in [1.82, 2.24) is 14.1 Å². The third kappa shape index (κ3) is 12.4. The Morgan fingerprint density at radius 3 is 1.45 bits per heavy atom. The van der Waals surface area contributed by atoms with Gasteiger partial charge in [0.15, 0.2) is 16.1 Å². The van der Waals surface area contributed by atoms with Gasteiger partial charge >= 0.3 is 0 Å². The molecule has 516 valence electrons. The molecular weight excluding hydrogens is 1500 g/mol. The predicted molar refractivity (Wildman–Crippen MR) is 441 cm³/mol. The number of ether oxygens (including phenoxy) is 1. The number of imidazole rings is 1. The van der Waals surface area contributed by atoms with Gasteiger partial charge in [-0.3, -0.25) is 4.57 Å². The molecule has 0 spiro atoms. The first kappa shape index (κ1) is 37.9. The quantitative estimate of drug-likeness (QED) is 0.0418. The molecule has 17 aromatic rings. The molecule has 3 aromatic heterocycles. The molecule has 0 saturated heterocycles. The van der Waals surface area contributed by atoms with Crippen LogP contribution in [0.3, 0.4) is 0 Å². The van der Waals surface area contributed by atoms with Crippen LogP contribution in [0.5, 0.6) is 11.5 Å². The Morgan fingerprint density at radius 1 is 0.396 bits per heavy atom.